The molecule has 4 heteroatoms. The molecule has 0 aliphatic rings. The molecule has 0 saturated carbocycles. The quantitative estimate of drug-likeness (QED) is 0.688. The molecule has 1 atom stereocenters. The minimum Gasteiger partial charge on any atom is -0.481 e. The summed E-state index contributed by atoms with van der Waals surface area (Å²) in [5.74, 6) is -0.138. The molecule has 0 fully saturated rings. The Bertz CT molecular complexity index is 157. The van der Waals surface area contributed by atoms with E-state index in [0.29, 0.717) is 11.0 Å². The third kappa shape index (κ3) is 6.49. The summed E-state index contributed by atoms with van der Waals surface area (Å²) in [4.78, 5) is 10.4. The van der Waals surface area contributed by atoms with Crippen molar-refractivity contribution in [3.05, 3.63) is 0 Å². The molecule has 0 saturated heterocycles. The van der Waals surface area contributed by atoms with Crippen molar-refractivity contribution in [2.24, 2.45) is 5.73 Å². The largest absolute Gasteiger partial charge is 0.481 e. The van der Waals surface area contributed by atoms with E-state index in [1.807, 2.05) is 0 Å². The van der Waals surface area contributed by atoms with Gasteiger partial charge in [0.25, 0.3) is 0 Å². The molecule has 0 aliphatic heterocycles. The molecule has 0 radical (unpaired) electrons. The third-order valence-corrected chi connectivity index (χ3v) is 2.79. The van der Waals surface area contributed by atoms with Crippen LogP contribution >= 0.6 is 11.8 Å². The number of carboxylic acid groups (broad SMARTS) is 1. The summed E-state index contributed by atoms with van der Waals surface area (Å²) in [5.41, 5.74) is 5.18. The van der Waals surface area contributed by atoms with Gasteiger partial charge in [-0.1, -0.05) is 13.8 Å². The first kappa shape index (κ1) is 11.8. The fourth-order valence-corrected chi connectivity index (χ4v) is 1.57. The second-order valence-corrected chi connectivity index (χ2v) is 5.15. The maximum atomic E-state index is 10.4. The Labute approximate surface area is 77.7 Å². The molecule has 3 N–H and O–H groups in total. The Hall–Kier alpha value is -0.220. The molecule has 0 rings (SSSR count). The van der Waals surface area contributed by atoms with Crippen molar-refractivity contribution in [2.75, 3.05) is 5.75 Å². The lowest BCUT2D eigenvalue weighted by Crippen LogP contribution is -2.41. The molecule has 0 aromatic rings. The SMILES string of the molecule is CC(C)SCC(C)(N)CC(=O)O. The van der Waals surface area contributed by atoms with Crippen LogP contribution in [0.15, 0.2) is 0 Å². The van der Waals surface area contributed by atoms with Crippen LogP contribution in [-0.4, -0.2) is 27.6 Å². The summed E-state index contributed by atoms with van der Waals surface area (Å²) >= 11 is 1.69. The van der Waals surface area contributed by atoms with Crippen molar-refractivity contribution in [3.63, 3.8) is 0 Å². The molecule has 0 amide bonds. The van der Waals surface area contributed by atoms with Gasteiger partial charge >= 0.3 is 5.97 Å². The molecule has 0 bridgehead atoms. The van der Waals surface area contributed by atoms with Gasteiger partial charge in [-0.3, -0.25) is 4.79 Å². The van der Waals surface area contributed by atoms with Gasteiger partial charge in [-0.05, 0) is 12.2 Å². The zero-order valence-corrected chi connectivity index (χ0v) is 8.65. The van der Waals surface area contributed by atoms with E-state index >= 15 is 0 Å². The number of rotatable bonds is 5. The van der Waals surface area contributed by atoms with Crippen molar-refractivity contribution in [2.45, 2.75) is 38.0 Å². The number of thioether (sulfide) groups is 1. The third-order valence-electron chi connectivity index (χ3n) is 1.30. The Balaban J connectivity index is 3.78. The lowest BCUT2D eigenvalue weighted by atomic mass is 10.0. The van der Waals surface area contributed by atoms with E-state index in [2.05, 4.69) is 13.8 Å². The second-order valence-electron chi connectivity index (χ2n) is 3.58. The highest BCUT2D eigenvalue weighted by Crippen LogP contribution is 2.18. The predicted molar refractivity (Wildman–Crippen MR) is 52.4 cm³/mol. The van der Waals surface area contributed by atoms with Gasteiger partial charge in [-0.25, -0.2) is 0 Å². The maximum Gasteiger partial charge on any atom is 0.305 e. The van der Waals surface area contributed by atoms with Gasteiger partial charge in [0.05, 0.1) is 6.42 Å². The molecule has 0 aromatic heterocycles. The zero-order valence-electron chi connectivity index (χ0n) is 7.83. The summed E-state index contributed by atoms with van der Waals surface area (Å²) in [6.07, 6.45) is 0.0344. The van der Waals surface area contributed by atoms with Crippen LogP contribution in [0.5, 0.6) is 0 Å². The molecular weight excluding hydrogens is 174 g/mol. The lowest BCUT2D eigenvalue weighted by molar-refractivity contribution is -0.138. The van der Waals surface area contributed by atoms with Crippen LogP contribution in [0.25, 0.3) is 0 Å². The molecule has 0 aromatic carbocycles. The number of nitrogens with two attached hydrogens (primary N) is 1. The standard InChI is InChI=1S/C8H17NO2S/c1-6(2)12-5-8(3,9)4-7(10)11/h6H,4-5,9H2,1-3H3,(H,10,11). The predicted octanol–water partition coefficient (Wildman–Crippen LogP) is 1.32. The monoisotopic (exact) mass is 191 g/mol. The topological polar surface area (TPSA) is 63.3 Å². The van der Waals surface area contributed by atoms with Crippen molar-refractivity contribution < 1.29 is 9.90 Å². The number of hydrogen-bond donors (Lipinski definition) is 2. The number of carbonyl (C=O) groups is 1. The van der Waals surface area contributed by atoms with E-state index in [1.165, 1.54) is 0 Å². The second kappa shape index (κ2) is 4.72. The highest BCUT2D eigenvalue weighted by Gasteiger charge is 2.22. The average molecular weight is 191 g/mol. The van der Waals surface area contributed by atoms with Crippen molar-refractivity contribution >= 4 is 17.7 Å². The fourth-order valence-electron chi connectivity index (χ4n) is 0.754. The molecule has 72 valence electrons. The number of aliphatic carboxylic acids is 1. The van der Waals surface area contributed by atoms with Crippen molar-refractivity contribution in [3.8, 4) is 0 Å². The highest BCUT2D eigenvalue weighted by atomic mass is 32.2. The van der Waals surface area contributed by atoms with Gasteiger partial charge < -0.3 is 10.8 Å². The van der Waals surface area contributed by atoms with Gasteiger partial charge in [-0.15, -0.1) is 0 Å². The molecule has 3 nitrogen and oxygen atoms in total. The molecule has 0 spiro atoms. The molecule has 0 heterocycles. The van der Waals surface area contributed by atoms with Crippen LogP contribution in [0.4, 0.5) is 0 Å². The zero-order chi connectivity index (χ0) is 9.78. The average Bonchev–Trinajstić information content (AvgIpc) is 1.81. The minimum absolute atomic E-state index is 0.0344. The van der Waals surface area contributed by atoms with Gasteiger partial charge in [0.15, 0.2) is 0 Å². The first-order valence-corrected chi connectivity index (χ1v) is 5.00. The van der Waals surface area contributed by atoms with E-state index in [1.54, 1.807) is 18.7 Å². The summed E-state index contributed by atoms with van der Waals surface area (Å²) in [6, 6.07) is 0. The van der Waals surface area contributed by atoms with Crippen LogP contribution in [0, 0.1) is 0 Å². The molecular formula is C8H17NO2S. The molecule has 12 heavy (non-hydrogen) atoms. The minimum atomic E-state index is -0.829. The Morgan fingerprint density at radius 1 is 1.67 bits per heavy atom. The van der Waals surface area contributed by atoms with Gasteiger partial charge in [0.1, 0.15) is 0 Å². The summed E-state index contributed by atoms with van der Waals surface area (Å²) in [7, 11) is 0. The number of hydrogen-bond acceptors (Lipinski definition) is 3. The normalized spacial score (nSPS) is 16.1. The van der Waals surface area contributed by atoms with Crippen molar-refractivity contribution in [1.29, 1.82) is 0 Å². The van der Waals surface area contributed by atoms with Gasteiger partial charge in [-0.2, -0.15) is 11.8 Å². The van der Waals surface area contributed by atoms with E-state index in [-0.39, 0.29) is 6.42 Å². The highest BCUT2D eigenvalue weighted by molar-refractivity contribution is 7.99. The Morgan fingerprint density at radius 3 is 2.50 bits per heavy atom. The van der Waals surface area contributed by atoms with Crippen molar-refractivity contribution in [1.82, 2.24) is 0 Å². The lowest BCUT2D eigenvalue weighted by Gasteiger charge is -2.22. The Morgan fingerprint density at radius 2 is 2.17 bits per heavy atom. The van der Waals surface area contributed by atoms with Crippen LogP contribution in [0.3, 0.4) is 0 Å². The first-order chi connectivity index (χ1) is 5.33. The van der Waals surface area contributed by atoms with E-state index in [9.17, 15) is 4.79 Å². The Kier molecular flexibility index (Phi) is 4.63. The van der Waals surface area contributed by atoms with Crippen LogP contribution in [0.1, 0.15) is 27.2 Å². The van der Waals surface area contributed by atoms with E-state index in [4.69, 9.17) is 10.8 Å². The molecule has 1 unspecified atom stereocenters. The first-order valence-electron chi connectivity index (χ1n) is 3.96. The summed E-state index contributed by atoms with van der Waals surface area (Å²) in [6.45, 7) is 5.92. The van der Waals surface area contributed by atoms with Crippen LogP contribution in [-0.2, 0) is 4.79 Å². The number of carboxylic acids is 1. The maximum absolute atomic E-state index is 10.4. The van der Waals surface area contributed by atoms with Gasteiger partial charge in [0.2, 0.25) is 0 Å². The molecule has 0 aliphatic carbocycles. The van der Waals surface area contributed by atoms with E-state index in [0.717, 1.165) is 0 Å². The summed E-state index contributed by atoms with van der Waals surface area (Å²) in [5, 5.41) is 9.03. The van der Waals surface area contributed by atoms with Gasteiger partial charge in [0, 0.05) is 11.3 Å². The summed E-state index contributed by atoms with van der Waals surface area (Å²) < 4.78 is 0. The fraction of sp³-hybridized carbons (Fsp3) is 0.875. The smallest absolute Gasteiger partial charge is 0.305 e. The van der Waals surface area contributed by atoms with Crippen LogP contribution < -0.4 is 5.73 Å². The van der Waals surface area contributed by atoms with E-state index < -0.39 is 11.5 Å². The van der Waals surface area contributed by atoms with Crippen LogP contribution in [0.2, 0.25) is 0 Å².